The predicted octanol–water partition coefficient (Wildman–Crippen LogP) is 5.40. The second-order valence-electron chi connectivity index (χ2n) is 7.03. The van der Waals surface area contributed by atoms with Crippen LogP contribution in [0.4, 0.5) is 17.6 Å². The number of benzene rings is 2. The first-order chi connectivity index (χ1) is 15.1. The Kier molecular flexibility index (Phi) is 6.67. The summed E-state index contributed by atoms with van der Waals surface area (Å²) in [7, 11) is 0. The Hall–Kier alpha value is -3.62. The summed E-state index contributed by atoms with van der Waals surface area (Å²) in [6.07, 6.45) is -1.23. The first-order valence-corrected chi connectivity index (χ1v) is 9.53. The SMILES string of the molecule is Cc1cc(C(=O)C(C)OC(=O)c2ccc(F)cc2F)c(C)n1-c1ccc(OC(F)F)cc1. The lowest BCUT2D eigenvalue weighted by Gasteiger charge is -2.14. The number of aryl methyl sites for hydroxylation is 1. The Labute approximate surface area is 181 Å². The van der Waals surface area contributed by atoms with Crippen molar-refractivity contribution in [2.75, 3.05) is 0 Å². The molecule has 1 aromatic heterocycles. The first kappa shape index (κ1) is 23.1. The van der Waals surface area contributed by atoms with Gasteiger partial charge in [-0.3, -0.25) is 4.79 Å². The highest BCUT2D eigenvalue weighted by molar-refractivity contribution is 6.02. The number of aromatic nitrogens is 1. The molecule has 3 aromatic rings. The second-order valence-corrected chi connectivity index (χ2v) is 7.03. The third-order valence-corrected chi connectivity index (χ3v) is 4.82. The van der Waals surface area contributed by atoms with Gasteiger partial charge in [-0.1, -0.05) is 0 Å². The summed E-state index contributed by atoms with van der Waals surface area (Å²) in [5.74, 6) is -3.54. The lowest BCUT2D eigenvalue weighted by Crippen LogP contribution is -2.25. The van der Waals surface area contributed by atoms with E-state index in [9.17, 15) is 27.2 Å². The van der Waals surface area contributed by atoms with Crippen molar-refractivity contribution in [3.8, 4) is 11.4 Å². The Morgan fingerprint density at radius 1 is 0.938 bits per heavy atom. The molecular formula is C23H19F4NO4. The normalized spacial score (nSPS) is 12.0. The van der Waals surface area contributed by atoms with E-state index in [2.05, 4.69) is 4.74 Å². The molecule has 0 bridgehead atoms. The minimum absolute atomic E-state index is 0.00364. The molecule has 1 unspecified atom stereocenters. The summed E-state index contributed by atoms with van der Waals surface area (Å²) in [5.41, 5.74) is 1.61. The summed E-state index contributed by atoms with van der Waals surface area (Å²) in [6.45, 7) is 1.84. The first-order valence-electron chi connectivity index (χ1n) is 9.53. The number of ketones is 1. The molecule has 0 radical (unpaired) electrons. The number of esters is 1. The van der Waals surface area contributed by atoms with Crippen LogP contribution in [0.15, 0.2) is 48.5 Å². The quantitative estimate of drug-likeness (QED) is 0.275. The van der Waals surface area contributed by atoms with Gasteiger partial charge in [0.25, 0.3) is 0 Å². The number of halogens is 4. The van der Waals surface area contributed by atoms with E-state index in [4.69, 9.17) is 4.74 Å². The highest BCUT2D eigenvalue weighted by Crippen LogP contribution is 2.25. The second kappa shape index (κ2) is 9.25. The Balaban J connectivity index is 1.81. The van der Waals surface area contributed by atoms with Gasteiger partial charge < -0.3 is 14.0 Å². The molecular weight excluding hydrogens is 430 g/mol. The molecule has 0 fully saturated rings. The van der Waals surface area contributed by atoms with E-state index < -0.39 is 41.7 Å². The van der Waals surface area contributed by atoms with Crippen molar-refractivity contribution in [1.82, 2.24) is 4.57 Å². The van der Waals surface area contributed by atoms with Crippen LogP contribution in [0.5, 0.6) is 5.75 Å². The van der Waals surface area contributed by atoms with Crippen LogP contribution >= 0.6 is 0 Å². The van der Waals surface area contributed by atoms with E-state index in [0.29, 0.717) is 23.1 Å². The fourth-order valence-electron chi connectivity index (χ4n) is 3.34. The van der Waals surface area contributed by atoms with Gasteiger partial charge in [-0.05, 0) is 63.2 Å². The lowest BCUT2D eigenvalue weighted by molar-refractivity contribution is -0.0498. The van der Waals surface area contributed by atoms with Gasteiger partial charge in [-0.15, -0.1) is 0 Å². The minimum Gasteiger partial charge on any atom is -0.451 e. The number of ether oxygens (including phenoxy) is 2. The highest BCUT2D eigenvalue weighted by Gasteiger charge is 2.26. The maximum absolute atomic E-state index is 13.8. The van der Waals surface area contributed by atoms with Crippen LogP contribution < -0.4 is 4.74 Å². The maximum atomic E-state index is 13.8. The van der Waals surface area contributed by atoms with Gasteiger partial charge in [-0.25, -0.2) is 13.6 Å². The smallest absolute Gasteiger partial charge is 0.387 e. The monoisotopic (exact) mass is 449 g/mol. The van der Waals surface area contributed by atoms with E-state index in [1.807, 2.05) is 0 Å². The van der Waals surface area contributed by atoms with Gasteiger partial charge >= 0.3 is 12.6 Å². The molecule has 32 heavy (non-hydrogen) atoms. The van der Waals surface area contributed by atoms with E-state index in [0.717, 1.165) is 12.1 Å². The molecule has 0 amide bonds. The molecule has 0 saturated heterocycles. The zero-order chi connectivity index (χ0) is 23.6. The molecule has 9 heteroatoms. The van der Waals surface area contributed by atoms with Crippen LogP contribution in [0, 0.1) is 25.5 Å². The van der Waals surface area contributed by atoms with Crippen molar-refractivity contribution in [1.29, 1.82) is 0 Å². The molecule has 0 N–H and O–H groups in total. The number of carbonyl (C=O) groups excluding carboxylic acids is 2. The number of alkyl halides is 2. The fraction of sp³-hybridized carbons (Fsp3) is 0.217. The average molecular weight is 449 g/mol. The Bertz CT molecular complexity index is 1160. The summed E-state index contributed by atoms with van der Waals surface area (Å²) in [4.78, 5) is 25.1. The molecule has 2 aromatic carbocycles. The molecule has 3 rings (SSSR count). The number of rotatable bonds is 7. The van der Waals surface area contributed by atoms with Gasteiger partial charge in [-0.2, -0.15) is 8.78 Å². The molecule has 0 aliphatic carbocycles. The Morgan fingerprint density at radius 3 is 2.19 bits per heavy atom. The van der Waals surface area contributed by atoms with Crippen molar-refractivity contribution in [2.45, 2.75) is 33.5 Å². The van der Waals surface area contributed by atoms with Crippen molar-refractivity contribution in [3.63, 3.8) is 0 Å². The predicted molar refractivity (Wildman–Crippen MR) is 107 cm³/mol. The van der Waals surface area contributed by atoms with Crippen molar-refractivity contribution < 1.29 is 36.6 Å². The molecule has 1 atom stereocenters. The zero-order valence-electron chi connectivity index (χ0n) is 17.4. The largest absolute Gasteiger partial charge is 0.451 e. The number of nitrogens with zero attached hydrogens (tertiary/aromatic N) is 1. The fourth-order valence-corrected chi connectivity index (χ4v) is 3.34. The number of Topliss-reactive ketones (excluding diaryl/α,β-unsaturated/α-hetero) is 1. The molecule has 168 valence electrons. The molecule has 0 saturated carbocycles. The van der Waals surface area contributed by atoms with E-state index in [1.165, 1.54) is 19.1 Å². The van der Waals surface area contributed by atoms with Crippen LogP contribution in [0.25, 0.3) is 5.69 Å². The van der Waals surface area contributed by atoms with Crippen LogP contribution in [-0.4, -0.2) is 29.0 Å². The van der Waals surface area contributed by atoms with Crippen molar-refractivity contribution in [3.05, 3.63) is 82.7 Å². The van der Waals surface area contributed by atoms with Crippen LogP contribution in [0.2, 0.25) is 0 Å². The van der Waals surface area contributed by atoms with E-state index >= 15 is 0 Å². The van der Waals surface area contributed by atoms with Gasteiger partial charge in [0.1, 0.15) is 17.4 Å². The number of carbonyl (C=O) groups is 2. The standard InChI is InChI=1S/C23H19F4NO4/c1-12-10-19(13(2)28(12)16-5-7-17(8-6-16)32-23(26)27)21(29)14(3)31-22(30)18-9-4-15(24)11-20(18)25/h4-11,14,23H,1-3H3. The topological polar surface area (TPSA) is 57.5 Å². The minimum atomic E-state index is -2.94. The molecule has 0 aliphatic heterocycles. The summed E-state index contributed by atoms with van der Waals surface area (Å²) >= 11 is 0. The molecule has 5 nitrogen and oxygen atoms in total. The van der Waals surface area contributed by atoms with Gasteiger partial charge in [0.15, 0.2) is 6.10 Å². The van der Waals surface area contributed by atoms with Crippen molar-refractivity contribution >= 4 is 11.8 Å². The van der Waals surface area contributed by atoms with Crippen LogP contribution in [-0.2, 0) is 4.74 Å². The highest BCUT2D eigenvalue weighted by atomic mass is 19.3. The van der Waals surface area contributed by atoms with Gasteiger partial charge in [0.2, 0.25) is 5.78 Å². The van der Waals surface area contributed by atoms with E-state index in [-0.39, 0.29) is 11.3 Å². The summed E-state index contributed by atoms with van der Waals surface area (Å²) in [6, 6.07) is 9.89. The molecule has 0 aliphatic rings. The number of hydrogen-bond acceptors (Lipinski definition) is 4. The van der Waals surface area contributed by atoms with Crippen LogP contribution in [0.1, 0.15) is 39.0 Å². The third-order valence-electron chi connectivity index (χ3n) is 4.82. The zero-order valence-corrected chi connectivity index (χ0v) is 17.4. The van der Waals surface area contributed by atoms with Gasteiger partial charge in [0.05, 0.1) is 5.56 Å². The molecule has 1 heterocycles. The van der Waals surface area contributed by atoms with Crippen molar-refractivity contribution in [2.24, 2.45) is 0 Å². The van der Waals surface area contributed by atoms with Crippen LogP contribution in [0.3, 0.4) is 0 Å². The third kappa shape index (κ3) is 4.82. The summed E-state index contributed by atoms with van der Waals surface area (Å²) < 4.78 is 62.7. The van der Waals surface area contributed by atoms with Gasteiger partial charge in [0, 0.05) is 28.7 Å². The molecule has 0 spiro atoms. The van der Waals surface area contributed by atoms with E-state index in [1.54, 1.807) is 36.6 Å². The Morgan fingerprint density at radius 2 is 1.59 bits per heavy atom. The lowest BCUT2D eigenvalue weighted by atomic mass is 10.1. The average Bonchev–Trinajstić information content (AvgIpc) is 3.01. The number of hydrogen-bond donors (Lipinski definition) is 0. The summed E-state index contributed by atoms with van der Waals surface area (Å²) in [5, 5.41) is 0. The maximum Gasteiger partial charge on any atom is 0.387 e.